The topological polar surface area (TPSA) is 67.4 Å². The summed E-state index contributed by atoms with van der Waals surface area (Å²) in [6, 6.07) is 5.90. The van der Waals surface area contributed by atoms with Gasteiger partial charge in [0.15, 0.2) is 0 Å². The summed E-state index contributed by atoms with van der Waals surface area (Å²) in [6.45, 7) is 5.59. The molecule has 1 fully saturated rings. The molecule has 6 heteroatoms. The lowest BCUT2D eigenvalue weighted by atomic mass is 10.1. The zero-order valence-corrected chi connectivity index (χ0v) is 14.3. The third-order valence-corrected chi connectivity index (χ3v) is 4.22. The van der Waals surface area contributed by atoms with Gasteiger partial charge in [0.25, 0.3) is 0 Å². The number of carbonyl (C=O) groups is 1. The van der Waals surface area contributed by atoms with Gasteiger partial charge in [0.2, 0.25) is 5.91 Å². The normalized spacial score (nSPS) is 17.8. The zero-order chi connectivity index (χ0) is 17.1. The number of amides is 1. The molecule has 1 saturated heterocycles. The van der Waals surface area contributed by atoms with Gasteiger partial charge < -0.3 is 19.4 Å². The highest BCUT2D eigenvalue weighted by Crippen LogP contribution is 2.23. The van der Waals surface area contributed by atoms with Crippen LogP contribution in [-0.4, -0.2) is 47.6 Å². The first-order valence-corrected chi connectivity index (χ1v) is 8.11. The van der Waals surface area contributed by atoms with Crippen molar-refractivity contribution in [3.8, 4) is 5.75 Å². The highest BCUT2D eigenvalue weighted by molar-refractivity contribution is 5.79. The number of nitrogens with one attached hydrogen (secondary N) is 1. The van der Waals surface area contributed by atoms with Crippen molar-refractivity contribution in [3.63, 3.8) is 0 Å². The molecule has 0 aliphatic carbocycles. The van der Waals surface area contributed by atoms with Crippen molar-refractivity contribution >= 4 is 5.91 Å². The molecule has 128 valence electrons. The van der Waals surface area contributed by atoms with Crippen LogP contribution in [-0.2, 0) is 16.0 Å². The number of aromatic nitrogens is 2. The standard InChI is InChI=1S/C18H23N3O3/c1-12-4-5-15(23-3)14(8-12)9-17(22)21-6-7-24-16(11-21)18-19-10-13(2)20-18/h4-5,8,10,16H,6-7,9,11H2,1-3H3,(H,19,20)/t16-/m1/s1. The van der Waals surface area contributed by atoms with Gasteiger partial charge in [-0.3, -0.25) is 4.79 Å². The number of carbonyl (C=O) groups excluding carboxylic acids is 1. The smallest absolute Gasteiger partial charge is 0.227 e. The second-order valence-electron chi connectivity index (χ2n) is 6.14. The predicted octanol–water partition coefficient (Wildman–Crippen LogP) is 2.18. The predicted molar refractivity (Wildman–Crippen MR) is 90.0 cm³/mol. The van der Waals surface area contributed by atoms with Gasteiger partial charge in [-0.15, -0.1) is 0 Å². The van der Waals surface area contributed by atoms with E-state index in [9.17, 15) is 4.79 Å². The highest BCUT2D eigenvalue weighted by atomic mass is 16.5. The number of morpholine rings is 1. The van der Waals surface area contributed by atoms with Crippen LogP contribution in [0.4, 0.5) is 0 Å². The Balaban J connectivity index is 1.70. The number of nitrogens with zero attached hydrogens (tertiary/aromatic N) is 2. The van der Waals surface area contributed by atoms with Crippen molar-refractivity contribution in [2.45, 2.75) is 26.4 Å². The summed E-state index contributed by atoms with van der Waals surface area (Å²) in [5, 5.41) is 0. The minimum absolute atomic E-state index is 0.0791. The van der Waals surface area contributed by atoms with E-state index in [1.807, 2.05) is 36.9 Å². The average Bonchev–Trinajstić information content (AvgIpc) is 3.02. The third-order valence-electron chi connectivity index (χ3n) is 4.22. The molecule has 1 N–H and O–H groups in total. The first kappa shape index (κ1) is 16.5. The molecular weight excluding hydrogens is 306 g/mol. The second-order valence-corrected chi connectivity index (χ2v) is 6.14. The van der Waals surface area contributed by atoms with Gasteiger partial charge in [0.05, 0.1) is 26.7 Å². The van der Waals surface area contributed by atoms with Crippen LogP contribution < -0.4 is 4.74 Å². The number of methoxy groups -OCH3 is 1. The van der Waals surface area contributed by atoms with Crippen molar-refractivity contribution < 1.29 is 14.3 Å². The number of hydrogen-bond donors (Lipinski definition) is 1. The van der Waals surface area contributed by atoms with Crippen LogP contribution in [0, 0.1) is 13.8 Å². The van der Waals surface area contributed by atoms with E-state index in [4.69, 9.17) is 9.47 Å². The third kappa shape index (κ3) is 3.59. The van der Waals surface area contributed by atoms with E-state index in [-0.39, 0.29) is 12.0 Å². The Bertz CT molecular complexity index is 726. The van der Waals surface area contributed by atoms with E-state index in [1.165, 1.54) is 0 Å². The summed E-state index contributed by atoms with van der Waals surface area (Å²) in [5.74, 6) is 1.61. The molecule has 1 atom stereocenters. The fourth-order valence-electron chi connectivity index (χ4n) is 2.96. The lowest BCUT2D eigenvalue weighted by molar-refractivity contribution is -0.138. The Morgan fingerprint density at radius 2 is 2.29 bits per heavy atom. The number of hydrogen-bond acceptors (Lipinski definition) is 4. The largest absolute Gasteiger partial charge is 0.496 e. The second kappa shape index (κ2) is 7.05. The van der Waals surface area contributed by atoms with E-state index in [2.05, 4.69) is 9.97 Å². The van der Waals surface area contributed by atoms with Crippen molar-refractivity contribution in [2.24, 2.45) is 0 Å². The number of H-pyrrole nitrogens is 1. The number of benzene rings is 1. The summed E-state index contributed by atoms with van der Waals surface area (Å²) < 4.78 is 11.1. The molecule has 0 unspecified atom stereocenters. The molecule has 3 rings (SSSR count). The zero-order valence-electron chi connectivity index (χ0n) is 14.3. The van der Waals surface area contributed by atoms with Crippen molar-refractivity contribution in [1.82, 2.24) is 14.9 Å². The van der Waals surface area contributed by atoms with Crippen LogP contribution >= 0.6 is 0 Å². The number of imidazole rings is 1. The minimum atomic E-state index is -0.198. The average molecular weight is 329 g/mol. The van der Waals surface area contributed by atoms with E-state index >= 15 is 0 Å². The fraction of sp³-hybridized carbons (Fsp3) is 0.444. The Kier molecular flexibility index (Phi) is 4.85. The monoisotopic (exact) mass is 329 g/mol. The van der Waals surface area contributed by atoms with E-state index in [1.54, 1.807) is 13.3 Å². The molecule has 1 aliphatic heterocycles. The molecule has 0 spiro atoms. The van der Waals surface area contributed by atoms with Crippen molar-refractivity contribution in [1.29, 1.82) is 0 Å². The van der Waals surface area contributed by atoms with Crippen molar-refractivity contribution in [2.75, 3.05) is 26.8 Å². The maximum Gasteiger partial charge on any atom is 0.227 e. The molecule has 1 amide bonds. The summed E-state index contributed by atoms with van der Waals surface area (Å²) >= 11 is 0. The maximum absolute atomic E-state index is 12.7. The van der Waals surface area contributed by atoms with Crippen LogP contribution in [0.5, 0.6) is 5.75 Å². The van der Waals surface area contributed by atoms with Gasteiger partial charge in [-0.2, -0.15) is 0 Å². The molecule has 1 aliphatic rings. The molecule has 24 heavy (non-hydrogen) atoms. The van der Waals surface area contributed by atoms with Crippen LogP contribution in [0.25, 0.3) is 0 Å². The van der Waals surface area contributed by atoms with Crippen molar-refractivity contribution in [3.05, 3.63) is 47.0 Å². The molecule has 1 aromatic heterocycles. The number of rotatable bonds is 4. The molecule has 1 aromatic carbocycles. The van der Waals surface area contributed by atoms with Crippen LogP contribution in [0.3, 0.4) is 0 Å². The van der Waals surface area contributed by atoms with E-state index in [0.717, 1.165) is 28.4 Å². The first-order valence-electron chi connectivity index (χ1n) is 8.11. The molecule has 0 radical (unpaired) electrons. The van der Waals surface area contributed by atoms with Gasteiger partial charge in [-0.1, -0.05) is 17.7 Å². The quantitative estimate of drug-likeness (QED) is 0.933. The fourth-order valence-corrected chi connectivity index (χ4v) is 2.96. The van der Waals surface area contributed by atoms with Crippen LogP contribution in [0.2, 0.25) is 0 Å². The number of aromatic amines is 1. The Morgan fingerprint density at radius 3 is 3.00 bits per heavy atom. The number of aryl methyl sites for hydroxylation is 2. The molecule has 0 bridgehead atoms. The summed E-state index contributed by atoms with van der Waals surface area (Å²) in [6.07, 6.45) is 1.90. The van der Waals surface area contributed by atoms with Gasteiger partial charge in [-0.25, -0.2) is 4.98 Å². The summed E-state index contributed by atoms with van der Waals surface area (Å²) in [4.78, 5) is 22.1. The molecule has 2 aromatic rings. The van der Waals surface area contributed by atoms with Crippen LogP contribution in [0.1, 0.15) is 28.7 Å². The summed E-state index contributed by atoms with van der Waals surface area (Å²) in [5.41, 5.74) is 3.02. The lowest BCUT2D eigenvalue weighted by Gasteiger charge is -2.32. The first-order chi connectivity index (χ1) is 11.6. The Hall–Kier alpha value is -2.34. The van der Waals surface area contributed by atoms with Gasteiger partial charge in [0, 0.05) is 24.0 Å². The molecular formula is C18H23N3O3. The van der Waals surface area contributed by atoms with Crippen LogP contribution in [0.15, 0.2) is 24.4 Å². The Labute approximate surface area is 141 Å². The van der Waals surface area contributed by atoms with Gasteiger partial charge in [0.1, 0.15) is 17.7 Å². The Morgan fingerprint density at radius 1 is 1.46 bits per heavy atom. The minimum Gasteiger partial charge on any atom is -0.496 e. The van der Waals surface area contributed by atoms with E-state index in [0.29, 0.717) is 26.1 Å². The molecule has 0 saturated carbocycles. The SMILES string of the molecule is COc1ccc(C)cc1CC(=O)N1CCO[C@@H](c2ncc(C)[nH]2)C1. The lowest BCUT2D eigenvalue weighted by Crippen LogP contribution is -2.43. The highest BCUT2D eigenvalue weighted by Gasteiger charge is 2.27. The molecule has 2 heterocycles. The molecule has 6 nitrogen and oxygen atoms in total. The summed E-state index contributed by atoms with van der Waals surface area (Å²) in [7, 11) is 1.63. The van der Waals surface area contributed by atoms with Gasteiger partial charge in [-0.05, 0) is 19.9 Å². The van der Waals surface area contributed by atoms with Gasteiger partial charge >= 0.3 is 0 Å². The van der Waals surface area contributed by atoms with E-state index < -0.39 is 0 Å². The maximum atomic E-state index is 12.7. The number of ether oxygens (including phenoxy) is 2.